The number of guanidine groups is 1. The highest BCUT2D eigenvalue weighted by molar-refractivity contribution is 5.99. The van der Waals surface area contributed by atoms with Crippen molar-refractivity contribution in [1.82, 2.24) is 67.0 Å². The maximum atomic E-state index is 14.7. The molecule has 0 aromatic carbocycles. The largest absolute Gasteiger partial charge is 0.481 e. The minimum absolute atomic E-state index is 0.0140. The van der Waals surface area contributed by atoms with E-state index in [-0.39, 0.29) is 70.5 Å². The van der Waals surface area contributed by atoms with Crippen molar-refractivity contribution in [2.45, 2.75) is 170 Å². The average Bonchev–Trinajstić information content (AvgIpc) is 4.47. The van der Waals surface area contributed by atoms with Gasteiger partial charge in [0.25, 0.3) is 0 Å². The molecule has 35 nitrogen and oxygen atoms in total. The van der Waals surface area contributed by atoms with Crippen LogP contribution in [0.3, 0.4) is 0 Å². The van der Waals surface area contributed by atoms with E-state index < -0.39 is 169 Å². The van der Waals surface area contributed by atoms with Crippen molar-refractivity contribution >= 4 is 77.0 Å². The Kier molecular flexibility index (Phi) is 25.9. The van der Waals surface area contributed by atoms with E-state index in [2.05, 4.69) is 62.1 Å². The highest BCUT2D eigenvalue weighted by atomic mass is 16.4. The summed E-state index contributed by atoms with van der Waals surface area (Å²) in [5.41, 5.74) is 22.2. The van der Waals surface area contributed by atoms with Crippen molar-refractivity contribution in [2.75, 3.05) is 19.6 Å². The van der Waals surface area contributed by atoms with Crippen molar-refractivity contribution in [1.29, 1.82) is 0 Å². The normalized spacial score (nSPS) is 18.8. The van der Waals surface area contributed by atoms with Gasteiger partial charge < -0.3 is 105 Å². The molecule has 4 heterocycles. The molecule has 4 rings (SSSR count). The number of rotatable bonds is 33. The molecule has 0 unspecified atom stereocenters. The van der Waals surface area contributed by atoms with E-state index in [0.717, 1.165) is 25.7 Å². The zero-order valence-electron chi connectivity index (χ0n) is 46.4. The van der Waals surface area contributed by atoms with Crippen molar-refractivity contribution in [2.24, 2.45) is 27.9 Å². The Bertz CT molecular complexity index is 2670. The molecule has 35 heteroatoms. The number of primary amides is 1. The lowest BCUT2D eigenvalue weighted by molar-refractivity contribution is -0.146. The first kappa shape index (κ1) is 67.7. The van der Waals surface area contributed by atoms with E-state index in [1.807, 2.05) is 0 Å². The van der Waals surface area contributed by atoms with Crippen LogP contribution in [0.25, 0.3) is 0 Å². The molecule has 10 amide bonds. The number of nitrogens with two attached hydrogens (primary N) is 4. The number of carboxylic acids is 2. The fourth-order valence-corrected chi connectivity index (χ4v) is 9.26. The van der Waals surface area contributed by atoms with Gasteiger partial charge in [0.1, 0.15) is 54.4 Å². The van der Waals surface area contributed by atoms with Gasteiger partial charge in [0.15, 0.2) is 5.96 Å². The third-order valence-electron chi connectivity index (χ3n) is 13.7. The maximum Gasteiger partial charge on any atom is 0.326 e. The minimum Gasteiger partial charge on any atom is -0.481 e. The quantitative estimate of drug-likeness (QED) is 0.0179. The number of imidazole rings is 2. The molecule has 2 saturated heterocycles. The van der Waals surface area contributed by atoms with Crippen LogP contribution in [0.2, 0.25) is 0 Å². The maximum absolute atomic E-state index is 14.7. The van der Waals surface area contributed by atoms with E-state index in [9.17, 15) is 83.1 Å². The second-order valence-corrected chi connectivity index (χ2v) is 20.4. The lowest BCUT2D eigenvalue weighted by atomic mass is 10.0. The third kappa shape index (κ3) is 20.3. The van der Waals surface area contributed by atoms with Crippen LogP contribution >= 0.6 is 0 Å². The number of nitrogens with one attached hydrogen (secondary N) is 9. The fourth-order valence-electron chi connectivity index (χ4n) is 9.26. The summed E-state index contributed by atoms with van der Waals surface area (Å²) in [6, 6.07) is -15.8. The number of H-pyrrole nitrogens is 2. The van der Waals surface area contributed by atoms with Crippen LogP contribution in [0.15, 0.2) is 30.0 Å². The van der Waals surface area contributed by atoms with Gasteiger partial charge in [-0.3, -0.25) is 57.7 Å². The summed E-state index contributed by atoms with van der Waals surface area (Å²) >= 11 is 0. The Balaban J connectivity index is 1.52. The van der Waals surface area contributed by atoms with Gasteiger partial charge in [-0.15, -0.1) is 0 Å². The molecule has 2 aromatic rings. The van der Waals surface area contributed by atoms with Gasteiger partial charge in [-0.25, -0.2) is 14.8 Å². The van der Waals surface area contributed by atoms with Gasteiger partial charge in [0.05, 0.1) is 43.4 Å². The number of aliphatic hydroxyl groups is 3. The number of likely N-dealkylation sites (tertiary alicyclic amines) is 2. The molecule has 13 atom stereocenters. The van der Waals surface area contributed by atoms with Crippen LogP contribution in [0.1, 0.15) is 89.9 Å². The van der Waals surface area contributed by atoms with E-state index in [1.165, 1.54) is 29.9 Å². The summed E-state index contributed by atoms with van der Waals surface area (Å²) < 4.78 is 0. The number of carbonyl (C=O) groups is 12. The molecule has 2 aliphatic heterocycles. The van der Waals surface area contributed by atoms with Crippen LogP contribution in [-0.2, 0) is 70.4 Å². The number of aliphatic imine (C=N–C) groups is 1. The Morgan fingerprint density at radius 3 is 1.55 bits per heavy atom. The summed E-state index contributed by atoms with van der Waals surface area (Å²) in [4.78, 5) is 180. The molecule has 2 fully saturated rings. The first-order chi connectivity index (χ1) is 39.6. The average molecular weight is 1190 g/mol. The van der Waals surface area contributed by atoms with Crippen molar-refractivity contribution in [3.8, 4) is 0 Å². The molecule has 22 N–H and O–H groups in total. The Morgan fingerprint density at radius 1 is 0.607 bits per heavy atom. The van der Waals surface area contributed by atoms with Gasteiger partial charge in [-0.1, -0.05) is 0 Å². The zero-order valence-corrected chi connectivity index (χ0v) is 46.4. The standard InChI is InChI=1S/C49H76N18O17/c1-22(68)36(64-45(80)37(23(2)69)63-39(74)27(50)17-34(51)71)44(79)59-28(10-11-35(72)73)40(75)65-38(24(3)70)47(82)67-14-6-9-33(67)43(78)62-31(16-26-19-55-21-58-26)46(81)66-13-5-8-32(66)42(77)61-30(15-25-18-54-20-57-25)41(76)60-29(48(83)84)7-4-12-56-49(52)53/h18-24,27-33,36-38,68-70H,4-17,50H2,1-3H3,(H2,51,71)(H,54,57)(H,55,58)(H,59,79)(H,60,76)(H,61,77)(H,62,78)(H,63,74)(H,64,80)(H,65,75)(H,72,73)(H,83,84)(H4,52,53,56)/t22-,23-,24-,27+,28+,29+,30+,31+,32+,33+,36+,37+,38+/m1/s1. The molecule has 0 aliphatic carbocycles. The number of amides is 10. The summed E-state index contributed by atoms with van der Waals surface area (Å²) in [7, 11) is 0. The van der Waals surface area contributed by atoms with E-state index >= 15 is 0 Å². The Morgan fingerprint density at radius 2 is 1.07 bits per heavy atom. The fraction of sp³-hybridized carbons (Fsp3) is 0.612. The zero-order chi connectivity index (χ0) is 62.5. The Hall–Kier alpha value is -8.83. The molecule has 0 bridgehead atoms. The van der Waals surface area contributed by atoms with Crippen molar-refractivity contribution in [3.63, 3.8) is 0 Å². The topological polar surface area (TPSA) is 570 Å². The molecule has 0 saturated carbocycles. The SMILES string of the molecule is C[C@@H](O)[C@H](NC(=O)[C@@H](NC(=O)[C@@H](N)CC(N)=O)[C@@H](C)O)C(=O)N[C@@H](CCC(=O)O)C(=O)N[C@H](C(=O)N1CCC[C@H]1C(=O)N[C@@H](Cc1cnc[nH]1)C(=O)N1CCC[C@H]1C(=O)N[C@@H](Cc1cnc[nH]1)C(=O)N[C@@H](CCCN=C(N)N)C(=O)O)[C@@H](C)O. The number of aliphatic hydroxyl groups excluding tert-OH is 3. The van der Waals surface area contributed by atoms with Gasteiger partial charge in [-0.05, 0) is 65.7 Å². The second kappa shape index (κ2) is 32.1. The van der Waals surface area contributed by atoms with Crippen molar-refractivity contribution in [3.05, 3.63) is 36.4 Å². The number of nitrogens with zero attached hydrogens (tertiary/aromatic N) is 5. The monoisotopic (exact) mass is 1190 g/mol. The molecule has 464 valence electrons. The van der Waals surface area contributed by atoms with E-state index in [0.29, 0.717) is 17.8 Å². The van der Waals surface area contributed by atoms with Gasteiger partial charge in [0.2, 0.25) is 59.1 Å². The first-order valence-electron chi connectivity index (χ1n) is 26.9. The predicted octanol–water partition coefficient (Wildman–Crippen LogP) is -8.36. The van der Waals surface area contributed by atoms with Crippen LogP contribution in [0, 0.1) is 0 Å². The first-order valence-corrected chi connectivity index (χ1v) is 26.9. The Labute approximate surface area is 480 Å². The molecule has 0 radical (unpaired) electrons. The smallest absolute Gasteiger partial charge is 0.326 e. The molecule has 2 aromatic heterocycles. The number of carboxylic acid groups (broad SMARTS) is 2. The minimum atomic E-state index is -1.95. The molecular weight excluding hydrogens is 1110 g/mol. The van der Waals surface area contributed by atoms with E-state index in [1.54, 1.807) is 0 Å². The highest BCUT2D eigenvalue weighted by Crippen LogP contribution is 2.23. The second-order valence-electron chi connectivity index (χ2n) is 20.4. The molecule has 84 heavy (non-hydrogen) atoms. The summed E-state index contributed by atoms with van der Waals surface area (Å²) in [5, 5.41) is 67.8. The molecule has 0 spiro atoms. The van der Waals surface area contributed by atoms with Gasteiger partial charge in [0, 0.05) is 62.7 Å². The lowest BCUT2D eigenvalue weighted by Crippen LogP contribution is -2.63. The summed E-state index contributed by atoms with van der Waals surface area (Å²) in [6.45, 7) is 3.24. The predicted molar refractivity (Wildman–Crippen MR) is 289 cm³/mol. The van der Waals surface area contributed by atoms with Crippen LogP contribution < -0.4 is 60.2 Å². The van der Waals surface area contributed by atoms with E-state index in [4.69, 9.17) is 22.9 Å². The third-order valence-corrected chi connectivity index (χ3v) is 13.7. The summed E-state index contributed by atoms with van der Waals surface area (Å²) in [6.07, 6.45) is -1.35. The van der Waals surface area contributed by atoms with Gasteiger partial charge in [-0.2, -0.15) is 0 Å². The number of aliphatic carboxylic acids is 2. The summed E-state index contributed by atoms with van der Waals surface area (Å²) in [5.74, 6) is -13.1. The van der Waals surface area contributed by atoms with Crippen LogP contribution in [0.5, 0.6) is 0 Å². The molecular formula is C49H76N18O17. The van der Waals surface area contributed by atoms with Crippen LogP contribution in [0.4, 0.5) is 0 Å². The lowest BCUT2D eigenvalue weighted by Gasteiger charge is -2.33. The number of carbonyl (C=O) groups excluding carboxylic acids is 10. The number of hydrogen-bond acceptors (Lipinski definition) is 19. The van der Waals surface area contributed by atoms with Crippen molar-refractivity contribution < 1.29 is 83.1 Å². The molecule has 2 aliphatic rings. The van der Waals surface area contributed by atoms with Gasteiger partial charge >= 0.3 is 11.9 Å². The highest BCUT2D eigenvalue weighted by Gasteiger charge is 2.44. The number of aromatic amines is 2. The van der Waals surface area contributed by atoms with Crippen LogP contribution in [-0.4, -0.2) is 231 Å². The number of aromatic nitrogens is 4. The number of hydrogen-bond donors (Lipinski definition) is 18.